The normalized spacial score (nSPS) is 11.5. The Morgan fingerprint density at radius 1 is 0.917 bits per heavy atom. The molecule has 3 aromatic rings. The van der Waals surface area contributed by atoms with Crippen LogP contribution in [-0.4, -0.2) is 56.5 Å². The van der Waals surface area contributed by atoms with Gasteiger partial charge in [-0.1, -0.05) is 6.42 Å². The number of pyridine rings is 1. The lowest BCUT2D eigenvalue weighted by Gasteiger charge is -2.14. The minimum Gasteiger partial charge on any atom is -0.497 e. The minimum atomic E-state index is -4.12. The zero-order chi connectivity index (χ0) is 26.3. The maximum atomic E-state index is 13.5. The van der Waals surface area contributed by atoms with E-state index in [0.717, 1.165) is 0 Å². The molecule has 2 aromatic carbocycles. The molecule has 0 bridgehead atoms. The summed E-state index contributed by atoms with van der Waals surface area (Å²) in [7, 11) is -1.06. The van der Waals surface area contributed by atoms with Gasteiger partial charge in [-0.05, 0) is 37.1 Å². The minimum absolute atomic E-state index is 0.0963. The van der Waals surface area contributed by atoms with Crippen LogP contribution in [-0.2, 0) is 21.5 Å². The number of nitrogens with one attached hydrogen (secondary N) is 1. The van der Waals surface area contributed by atoms with Gasteiger partial charge in [-0.3, -0.25) is 14.1 Å². The number of benzene rings is 2. The molecule has 0 aliphatic rings. The Morgan fingerprint density at radius 3 is 2.00 bits per heavy atom. The van der Waals surface area contributed by atoms with Crippen molar-refractivity contribution in [2.45, 2.75) is 38.6 Å². The van der Waals surface area contributed by atoms with Crippen molar-refractivity contribution in [3.05, 3.63) is 42.0 Å². The molecule has 0 saturated heterocycles. The number of carboxylic acid groups (broad SMARTS) is 1. The van der Waals surface area contributed by atoms with Gasteiger partial charge in [0.1, 0.15) is 11.5 Å². The van der Waals surface area contributed by atoms with Crippen molar-refractivity contribution in [1.29, 1.82) is 0 Å². The summed E-state index contributed by atoms with van der Waals surface area (Å²) in [4.78, 5) is 24.1. The van der Waals surface area contributed by atoms with Crippen molar-refractivity contribution in [3.63, 3.8) is 0 Å². The van der Waals surface area contributed by atoms with Crippen LogP contribution in [0.3, 0.4) is 0 Å². The standard InChI is InChI=1S/C25H30N2O8S/c1-34-17-8-10-21-19(15-17)24(25(30)26-12-5-3-4-7-23(28)29)20-16-18(35-2)9-11-22(20)27(21)13-6-14-36(31,32)33/h8-11,15-16H,3-7,12-14H2,1-2H3,(H2-,26,28,29,30,31,32,33)/p+1. The van der Waals surface area contributed by atoms with Crippen molar-refractivity contribution in [1.82, 2.24) is 5.32 Å². The number of nitrogens with zero attached hydrogens (tertiary/aromatic N) is 1. The molecule has 194 valence electrons. The van der Waals surface area contributed by atoms with Gasteiger partial charge >= 0.3 is 5.97 Å². The number of aromatic nitrogens is 1. The third-order valence-corrected chi connectivity index (χ3v) is 6.70. The third kappa shape index (κ3) is 6.82. The Morgan fingerprint density at radius 2 is 1.50 bits per heavy atom. The maximum absolute atomic E-state index is 13.5. The van der Waals surface area contributed by atoms with E-state index >= 15 is 0 Å². The Balaban J connectivity index is 2.07. The van der Waals surface area contributed by atoms with E-state index in [9.17, 15) is 22.6 Å². The van der Waals surface area contributed by atoms with Gasteiger partial charge in [0.2, 0.25) is 11.0 Å². The van der Waals surface area contributed by atoms with Gasteiger partial charge in [-0.15, -0.1) is 0 Å². The molecule has 0 saturated carbocycles. The summed E-state index contributed by atoms with van der Waals surface area (Å²) >= 11 is 0. The molecule has 0 aliphatic heterocycles. The first-order valence-corrected chi connectivity index (χ1v) is 13.2. The first-order chi connectivity index (χ1) is 17.1. The first kappa shape index (κ1) is 27.2. The second-order valence-corrected chi connectivity index (χ2v) is 9.96. The van der Waals surface area contributed by atoms with E-state index in [1.165, 1.54) is 14.2 Å². The largest absolute Gasteiger partial charge is 0.497 e. The molecular weight excluding hydrogens is 488 g/mol. The van der Waals surface area contributed by atoms with Crippen molar-refractivity contribution in [2.75, 3.05) is 26.5 Å². The highest BCUT2D eigenvalue weighted by atomic mass is 32.2. The van der Waals surface area contributed by atoms with Crippen LogP contribution in [0.25, 0.3) is 21.8 Å². The summed E-state index contributed by atoms with van der Waals surface area (Å²) < 4.78 is 44.5. The molecule has 0 unspecified atom stereocenters. The maximum Gasteiger partial charge on any atom is 0.303 e. The molecule has 10 nitrogen and oxygen atoms in total. The molecule has 0 aliphatic carbocycles. The summed E-state index contributed by atoms with van der Waals surface area (Å²) in [6.07, 6.45) is 2.13. The molecule has 1 heterocycles. The Hall–Kier alpha value is -3.44. The van der Waals surface area contributed by atoms with Crippen molar-refractivity contribution >= 4 is 43.8 Å². The summed E-state index contributed by atoms with van der Waals surface area (Å²) in [6.45, 7) is 0.676. The van der Waals surface area contributed by atoms with Gasteiger partial charge in [-0.25, -0.2) is 0 Å². The SMILES string of the molecule is COc1ccc2c(c1)c(C(=O)NCCCCCC(=O)O)c1cc(OC)ccc1[n+]2CCCS(=O)(=O)O. The molecule has 0 spiro atoms. The number of carbonyl (C=O) groups excluding carboxylic acids is 1. The van der Waals surface area contributed by atoms with E-state index in [1.807, 2.05) is 16.7 Å². The van der Waals surface area contributed by atoms with E-state index in [1.54, 1.807) is 24.3 Å². The number of carboxylic acids is 1. The topological polar surface area (TPSA) is 143 Å². The second-order valence-electron chi connectivity index (χ2n) is 8.39. The Labute approximate surface area is 209 Å². The van der Waals surface area contributed by atoms with E-state index in [2.05, 4.69) is 5.32 Å². The average molecular weight is 520 g/mol. The molecule has 1 aromatic heterocycles. The molecule has 1 amide bonds. The highest BCUT2D eigenvalue weighted by Crippen LogP contribution is 2.30. The van der Waals surface area contributed by atoms with E-state index in [-0.39, 0.29) is 31.0 Å². The van der Waals surface area contributed by atoms with Crippen LogP contribution < -0.4 is 19.4 Å². The third-order valence-electron chi connectivity index (χ3n) is 5.89. The molecule has 0 fully saturated rings. The molecule has 0 atom stereocenters. The monoisotopic (exact) mass is 519 g/mol. The lowest BCUT2D eigenvalue weighted by atomic mass is 10.00. The van der Waals surface area contributed by atoms with Crippen molar-refractivity contribution in [3.8, 4) is 11.5 Å². The van der Waals surface area contributed by atoms with Crippen LogP contribution in [0.2, 0.25) is 0 Å². The number of amides is 1. The average Bonchev–Trinajstić information content (AvgIpc) is 2.83. The first-order valence-electron chi connectivity index (χ1n) is 11.6. The van der Waals surface area contributed by atoms with Gasteiger partial charge in [-0.2, -0.15) is 13.0 Å². The molecule has 36 heavy (non-hydrogen) atoms. The van der Waals surface area contributed by atoms with E-state index in [0.29, 0.717) is 64.7 Å². The zero-order valence-corrected chi connectivity index (χ0v) is 21.1. The number of ether oxygens (including phenoxy) is 2. The van der Waals surface area contributed by atoms with Gasteiger partial charge < -0.3 is 19.9 Å². The number of aryl methyl sites for hydroxylation is 1. The van der Waals surface area contributed by atoms with Gasteiger partial charge in [0.15, 0.2) is 6.54 Å². The molecule has 0 radical (unpaired) electrons. The summed E-state index contributed by atoms with van der Waals surface area (Å²) in [5, 5.41) is 12.9. The van der Waals surface area contributed by atoms with Crippen LogP contribution in [0, 0.1) is 0 Å². The van der Waals surface area contributed by atoms with Crippen LogP contribution in [0.15, 0.2) is 36.4 Å². The van der Waals surface area contributed by atoms with E-state index < -0.39 is 16.1 Å². The number of fused-ring (bicyclic) bond motifs is 2. The number of unbranched alkanes of at least 4 members (excludes halogenated alkanes) is 2. The lowest BCUT2D eigenvalue weighted by Crippen LogP contribution is -2.38. The highest BCUT2D eigenvalue weighted by Gasteiger charge is 2.25. The fraction of sp³-hybridized carbons (Fsp3) is 0.400. The van der Waals surface area contributed by atoms with Crippen LogP contribution >= 0.6 is 0 Å². The Kier molecular flexibility index (Phi) is 9.05. The molecule has 3 rings (SSSR count). The number of methoxy groups -OCH3 is 2. The van der Waals surface area contributed by atoms with Crippen molar-refractivity contribution < 1.29 is 41.7 Å². The highest BCUT2D eigenvalue weighted by molar-refractivity contribution is 7.85. The zero-order valence-electron chi connectivity index (χ0n) is 20.3. The summed E-state index contributed by atoms with van der Waals surface area (Å²) in [5.74, 6) is -0.419. The number of hydrogen-bond acceptors (Lipinski definition) is 6. The van der Waals surface area contributed by atoms with Crippen LogP contribution in [0.4, 0.5) is 0 Å². The second kappa shape index (κ2) is 12.0. The fourth-order valence-electron chi connectivity index (χ4n) is 4.19. The lowest BCUT2D eigenvalue weighted by molar-refractivity contribution is -0.645. The molecule has 3 N–H and O–H groups in total. The van der Waals surface area contributed by atoms with Gasteiger partial charge in [0.25, 0.3) is 16.0 Å². The van der Waals surface area contributed by atoms with E-state index in [4.69, 9.17) is 14.6 Å². The fourth-order valence-corrected chi connectivity index (χ4v) is 4.68. The van der Waals surface area contributed by atoms with Crippen molar-refractivity contribution in [2.24, 2.45) is 0 Å². The predicted molar refractivity (Wildman–Crippen MR) is 134 cm³/mol. The number of rotatable bonds is 13. The van der Waals surface area contributed by atoms with Crippen LogP contribution in [0.5, 0.6) is 11.5 Å². The predicted octanol–water partition coefficient (Wildman–Crippen LogP) is 2.95. The van der Waals surface area contributed by atoms with Gasteiger partial charge in [0, 0.05) is 31.5 Å². The summed E-state index contributed by atoms with van der Waals surface area (Å²) in [5.41, 5.74) is 1.83. The van der Waals surface area contributed by atoms with Crippen LogP contribution in [0.1, 0.15) is 42.5 Å². The number of aliphatic carboxylic acids is 1. The number of hydrogen-bond donors (Lipinski definition) is 3. The van der Waals surface area contributed by atoms with Gasteiger partial charge in [0.05, 0.1) is 36.3 Å². The molecule has 11 heteroatoms. The molecular formula is C25H31N2O8S+. The number of carbonyl (C=O) groups is 2. The Bertz CT molecular complexity index is 1310. The smallest absolute Gasteiger partial charge is 0.303 e. The quantitative estimate of drug-likeness (QED) is 0.135. The summed E-state index contributed by atoms with van der Waals surface area (Å²) in [6, 6.07) is 10.7.